The van der Waals surface area contributed by atoms with Gasteiger partial charge in [-0.15, -0.1) is 5.10 Å². The monoisotopic (exact) mass is 457 g/mol. The number of anilines is 1. The van der Waals surface area contributed by atoms with Crippen LogP contribution in [-0.2, 0) is 11.3 Å². The van der Waals surface area contributed by atoms with Crippen molar-refractivity contribution in [3.05, 3.63) is 84.6 Å². The molecule has 34 heavy (non-hydrogen) atoms. The van der Waals surface area contributed by atoms with Crippen molar-refractivity contribution in [2.75, 3.05) is 31.6 Å². The number of benzene rings is 2. The SMILES string of the molecule is O=C(Nc1cn(-c2cccc(Oc3cncnc3)c2)nn1)c1ccc(CN2CCOCC2)cc1. The molecule has 0 unspecified atom stereocenters. The van der Waals surface area contributed by atoms with Gasteiger partial charge in [0.05, 0.1) is 37.5 Å². The van der Waals surface area contributed by atoms with Crippen LogP contribution in [-0.4, -0.2) is 62.1 Å². The number of nitrogens with one attached hydrogen (secondary N) is 1. The standard InChI is InChI=1S/C24H23N7O3/c32-24(19-6-4-18(5-7-19)15-30-8-10-33-11-9-30)27-23-16-31(29-28-23)20-2-1-3-21(12-20)34-22-13-25-17-26-14-22/h1-7,12-14,16-17H,8-11,15H2,(H,27,32). The quantitative estimate of drug-likeness (QED) is 0.451. The van der Waals surface area contributed by atoms with Crippen LogP contribution in [0.2, 0.25) is 0 Å². The Balaban J connectivity index is 1.21. The summed E-state index contributed by atoms with van der Waals surface area (Å²) in [6, 6.07) is 14.9. The van der Waals surface area contributed by atoms with Gasteiger partial charge in [-0.1, -0.05) is 23.4 Å². The summed E-state index contributed by atoms with van der Waals surface area (Å²) in [4.78, 5) is 22.9. The minimum Gasteiger partial charge on any atom is -0.454 e. The van der Waals surface area contributed by atoms with E-state index in [1.807, 2.05) is 42.5 Å². The van der Waals surface area contributed by atoms with E-state index < -0.39 is 0 Å². The zero-order valence-electron chi connectivity index (χ0n) is 18.4. The van der Waals surface area contributed by atoms with Crippen molar-refractivity contribution in [2.24, 2.45) is 0 Å². The predicted octanol–water partition coefficient (Wildman–Crippen LogP) is 2.93. The Morgan fingerprint density at radius 3 is 2.62 bits per heavy atom. The second kappa shape index (κ2) is 10.2. The topological polar surface area (TPSA) is 107 Å². The zero-order valence-corrected chi connectivity index (χ0v) is 18.4. The van der Waals surface area contributed by atoms with Crippen LogP contribution in [0.3, 0.4) is 0 Å². The molecule has 2 aromatic heterocycles. The van der Waals surface area contributed by atoms with Crippen LogP contribution >= 0.6 is 0 Å². The molecule has 3 heterocycles. The molecule has 0 saturated carbocycles. The van der Waals surface area contributed by atoms with Crippen LogP contribution < -0.4 is 10.1 Å². The predicted molar refractivity (Wildman–Crippen MR) is 124 cm³/mol. The van der Waals surface area contributed by atoms with Gasteiger partial charge in [-0.2, -0.15) is 0 Å². The first-order chi connectivity index (χ1) is 16.7. The Hall–Kier alpha value is -4.15. The number of rotatable bonds is 7. The van der Waals surface area contributed by atoms with Gasteiger partial charge in [-0.3, -0.25) is 9.69 Å². The molecule has 1 aliphatic rings. The fourth-order valence-corrected chi connectivity index (χ4v) is 3.58. The molecular formula is C24H23N7O3. The number of carbonyl (C=O) groups is 1. The fourth-order valence-electron chi connectivity index (χ4n) is 3.58. The van der Waals surface area contributed by atoms with Gasteiger partial charge in [0.2, 0.25) is 0 Å². The number of ether oxygens (including phenoxy) is 2. The van der Waals surface area contributed by atoms with Crippen LogP contribution in [0.25, 0.3) is 5.69 Å². The Morgan fingerprint density at radius 2 is 1.82 bits per heavy atom. The van der Waals surface area contributed by atoms with Gasteiger partial charge < -0.3 is 14.8 Å². The lowest BCUT2D eigenvalue weighted by atomic mass is 10.1. The molecule has 172 valence electrons. The molecule has 10 heteroatoms. The summed E-state index contributed by atoms with van der Waals surface area (Å²) in [6.07, 6.45) is 6.25. The second-order valence-electron chi connectivity index (χ2n) is 7.76. The number of morpholine rings is 1. The number of aromatic nitrogens is 5. The Labute approximate surface area is 196 Å². The highest BCUT2D eigenvalue weighted by atomic mass is 16.5. The third kappa shape index (κ3) is 5.42. The number of amides is 1. The van der Waals surface area contributed by atoms with Crippen molar-refractivity contribution in [1.82, 2.24) is 29.9 Å². The van der Waals surface area contributed by atoms with E-state index in [1.165, 1.54) is 6.33 Å². The summed E-state index contributed by atoms with van der Waals surface area (Å²) in [5.74, 6) is 1.24. The lowest BCUT2D eigenvalue weighted by Gasteiger charge is -2.26. The van der Waals surface area contributed by atoms with E-state index in [9.17, 15) is 4.79 Å². The molecule has 1 fully saturated rings. The highest BCUT2D eigenvalue weighted by Gasteiger charge is 2.13. The third-order valence-electron chi connectivity index (χ3n) is 5.32. The highest BCUT2D eigenvalue weighted by Crippen LogP contribution is 2.22. The maximum absolute atomic E-state index is 12.7. The van der Waals surface area contributed by atoms with E-state index >= 15 is 0 Å². The third-order valence-corrected chi connectivity index (χ3v) is 5.32. The summed E-state index contributed by atoms with van der Waals surface area (Å²) in [6.45, 7) is 4.22. The number of hydrogen-bond donors (Lipinski definition) is 1. The van der Waals surface area contributed by atoms with Crippen LogP contribution in [0.15, 0.2) is 73.4 Å². The van der Waals surface area contributed by atoms with Gasteiger partial charge in [0, 0.05) is 31.3 Å². The Kier molecular flexibility index (Phi) is 6.50. The summed E-state index contributed by atoms with van der Waals surface area (Å²) in [5.41, 5.74) is 2.45. The summed E-state index contributed by atoms with van der Waals surface area (Å²) >= 11 is 0. The maximum atomic E-state index is 12.7. The van der Waals surface area contributed by atoms with E-state index in [0.717, 1.165) is 44.1 Å². The van der Waals surface area contributed by atoms with Gasteiger partial charge in [-0.25, -0.2) is 14.6 Å². The molecule has 0 bridgehead atoms. The minimum absolute atomic E-state index is 0.244. The van der Waals surface area contributed by atoms with Crippen molar-refractivity contribution in [2.45, 2.75) is 6.54 Å². The molecule has 1 N–H and O–H groups in total. The minimum atomic E-state index is -0.244. The van der Waals surface area contributed by atoms with Gasteiger partial charge in [0.25, 0.3) is 5.91 Å². The van der Waals surface area contributed by atoms with Crippen LogP contribution in [0.1, 0.15) is 15.9 Å². The lowest BCUT2D eigenvalue weighted by molar-refractivity contribution is 0.0342. The molecule has 10 nitrogen and oxygen atoms in total. The molecule has 5 rings (SSSR count). The van der Waals surface area contributed by atoms with Crippen molar-refractivity contribution < 1.29 is 14.3 Å². The smallest absolute Gasteiger partial charge is 0.256 e. The molecule has 4 aromatic rings. The summed E-state index contributed by atoms with van der Waals surface area (Å²) in [7, 11) is 0. The van der Waals surface area contributed by atoms with E-state index in [1.54, 1.807) is 29.3 Å². The number of hydrogen-bond acceptors (Lipinski definition) is 8. The zero-order chi connectivity index (χ0) is 23.2. The van der Waals surface area contributed by atoms with E-state index in [4.69, 9.17) is 9.47 Å². The first-order valence-corrected chi connectivity index (χ1v) is 10.9. The van der Waals surface area contributed by atoms with Gasteiger partial charge in [-0.05, 0) is 29.8 Å². The van der Waals surface area contributed by atoms with E-state index in [0.29, 0.717) is 22.9 Å². The molecule has 0 aliphatic carbocycles. The van der Waals surface area contributed by atoms with E-state index in [2.05, 4.69) is 30.5 Å². The van der Waals surface area contributed by atoms with Crippen molar-refractivity contribution >= 4 is 11.7 Å². The molecule has 1 aliphatic heterocycles. The molecule has 1 amide bonds. The molecule has 0 spiro atoms. The number of carbonyl (C=O) groups excluding carboxylic acids is 1. The van der Waals surface area contributed by atoms with Crippen molar-refractivity contribution in [1.29, 1.82) is 0 Å². The first kappa shape index (κ1) is 21.7. The van der Waals surface area contributed by atoms with Gasteiger partial charge >= 0.3 is 0 Å². The molecule has 1 saturated heterocycles. The number of nitrogens with zero attached hydrogens (tertiary/aromatic N) is 6. The largest absolute Gasteiger partial charge is 0.454 e. The lowest BCUT2D eigenvalue weighted by Crippen LogP contribution is -2.35. The average Bonchev–Trinajstić information content (AvgIpc) is 3.34. The van der Waals surface area contributed by atoms with Crippen LogP contribution in [0.4, 0.5) is 5.82 Å². The van der Waals surface area contributed by atoms with E-state index in [-0.39, 0.29) is 5.91 Å². The molecular weight excluding hydrogens is 434 g/mol. The summed E-state index contributed by atoms with van der Waals surface area (Å²) in [5, 5.41) is 11.0. The van der Waals surface area contributed by atoms with Crippen LogP contribution in [0, 0.1) is 0 Å². The second-order valence-corrected chi connectivity index (χ2v) is 7.76. The molecule has 0 atom stereocenters. The maximum Gasteiger partial charge on any atom is 0.256 e. The van der Waals surface area contributed by atoms with Crippen molar-refractivity contribution in [3.8, 4) is 17.2 Å². The Bertz CT molecular complexity index is 1240. The normalized spacial score (nSPS) is 14.0. The van der Waals surface area contributed by atoms with Gasteiger partial charge in [0.1, 0.15) is 12.1 Å². The Morgan fingerprint density at radius 1 is 1.03 bits per heavy atom. The first-order valence-electron chi connectivity index (χ1n) is 10.9. The summed E-state index contributed by atoms with van der Waals surface area (Å²) < 4.78 is 12.7. The van der Waals surface area contributed by atoms with Crippen molar-refractivity contribution in [3.63, 3.8) is 0 Å². The molecule has 2 aromatic carbocycles. The fraction of sp³-hybridized carbons (Fsp3) is 0.208. The van der Waals surface area contributed by atoms with Crippen LogP contribution in [0.5, 0.6) is 11.5 Å². The average molecular weight is 457 g/mol. The highest BCUT2D eigenvalue weighted by molar-refractivity contribution is 6.03. The molecule has 0 radical (unpaired) electrons. The van der Waals surface area contributed by atoms with Gasteiger partial charge in [0.15, 0.2) is 11.6 Å².